The monoisotopic (exact) mass is 349 g/mol. The molecule has 1 N–H and O–H groups in total. The second kappa shape index (κ2) is 8.09. The molecule has 7 nitrogen and oxygen atoms in total. The van der Waals surface area contributed by atoms with Crippen LogP contribution in [0.2, 0.25) is 0 Å². The van der Waals surface area contributed by atoms with Crippen LogP contribution in [-0.2, 0) is 11.4 Å². The number of carboxylic acids is 1. The molecule has 0 atom stereocenters. The summed E-state index contributed by atoms with van der Waals surface area (Å²) in [4.78, 5) is 20.4. The highest BCUT2D eigenvalue weighted by atomic mass is 19.1. The molecule has 0 bridgehead atoms. The van der Waals surface area contributed by atoms with Gasteiger partial charge >= 0.3 is 11.7 Å². The number of carboxylic acid groups (broad SMARTS) is 1. The third kappa shape index (κ3) is 5.17. The Balaban J connectivity index is 2.08. The van der Waals surface area contributed by atoms with Crippen LogP contribution in [0.4, 0.5) is 10.1 Å². The lowest BCUT2D eigenvalue weighted by molar-refractivity contribution is -0.387. The van der Waals surface area contributed by atoms with Crippen LogP contribution in [0.25, 0.3) is 0 Å². The summed E-state index contributed by atoms with van der Waals surface area (Å²) in [5.41, 5.74) is 0.950. The SMILES string of the molecule is Cc1ccc(COc2ccc([N+](=O)[O-])c(F)c2)c(OCCC(=O)O)c1. The van der Waals surface area contributed by atoms with E-state index in [-0.39, 0.29) is 25.4 Å². The van der Waals surface area contributed by atoms with Crippen molar-refractivity contribution in [2.24, 2.45) is 0 Å². The maximum absolute atomic E-state index is 13.6. The van der Waals surface area contributed by atoms with Crippen molar-refractivity contribution in [3.63, 3.8) is 0 Å². The van der Waals surface area contributed by atoms with E-state index >= 15 is 0 Å². The van der Waals surface area contributed by atoms with Crippen LogP contribution in [0, 0.1) is 22.9 Å². The summed E-state index contributed by atoms with van der Waals surface area (Å²) in [5, 5.41) is 19.3. The minimum atomic E-state index is -0.982. The first-order valence-corrected chi connectivity index (χ1v) is 7.37. The molecule has 0 aliphatic heterocycles. The van der Waals surface area contributed by atoms with Crippen molar-refractivity contribution in [1.82, 2.24) is 0 Å². The van der Waals surface area contributed by atoms with E-state index in [1.54, 1.807) is 12.1 Å². The molecule has 132 valence electrons. The first-order chi connectivity index (χ1) is 11.9. The van der Waals surface area contributed by atoms with Gasteiger partial charge in [0.15, 0.2) is 0 Å². The molecule has 0 heterocycles. The number of aryl methyl sites for hydroxylation is 1. The van der Waals surface area contributed by atoms with Gasteiger partial charge in [0, 0.05) is 17.7 Å². The van der Waals surface area contributed by atoms with Gasteiger partial charge in [-0.05, 0) is 24.6 Å². The molecule has 2 rings (SSSR count). The molecular formula is C17H16FNO6. The fraction of sp³-hybridized carbons (Fsp3) is 0.235. The van der Waals surface area contributed by atoms with Crippen molar-refractivity contribution >= 4 is 11.7 Å². The quantitative estimate of drug-likeness (QED) is 0.579. The summed E-state index contributed by atoms with van der Waals surface area (Å²) < 4.78 is 24.5. The Bertz CT molecular complexity index is 793. The highest BCUT2D eigenvalue weighted by Crippen LogP contribution is 2.25. The van der Waals surface area contributed by atoms with Crippen LogP contribution in [-0.4, -0.2) is 22.6 Å². The van der Waals surface area contributed by atoms with Crippen molar-refractivity contribution in [1.29, 1.82) is 0 Å². The number of nitro groups is 1. The second-order valence-electron chi connectivity index (χ2n) is 5.26. The number of nitro benzene ring substituents is 1. The first-order valence-electron chi connectivity index (χ1n) is 7.37. The van der Waals surface area contributed by atoms with Gasteiger partial charge in [-0.2, -0.15) is 4.39 Å². The van der Waals surface area contributed by atoms with E-state index in [4.69, 9.17) is 14.6 Å². The average molecular weight is 349 g/mol. The molecule has 25 heavy (non-hydrogen) atoms. The van der Waals surface area contributed by atoms with E-state index in [2.05, 4.69) is 0 Å². The lowest BCUT2D eigenvalue weighted by Gasteiger charge is -2.13. The van der Waals surface area contributed by atoms with Crippen LogP contribution >= 0.6 is 0 Å². The van der Waals surface area contributed by atoms with E-state index in [1.165, 1.54) is 6.07 Å². The first kappa shape index (κ1) is 18.2. The minimum Gasteiger partial charge on any atom is -0.493 e. The number of rotatable bonds is 8. The van der Waals surface area contributed by atoms with Gasteiger partial charge in [-0.15, -0.1) is 0 Å². The largest absolute Gasteiger partial charge is 0.493 e. The number of hydrogen-bond acceptors (Lipinski definition) is 5. The molecule has 0 spiro atoms. The lowest BCUT2D eigenvalue weighted by Crippen LogP contribution is -2.07. The summed E-state index contributed by atoms with van der Waals surface area (Å²) in [7, 11) is 0. The molecule has 0 saturated carbocycles. The van der Waals surface area contributed by atoms with E-state index in [0.29, 0.717) is 11.3 Å². The van der Waals surface area contributed by atoms with Gasteiger partial charge in [-0.25, -0.2) is 0 Å². The zero-order chi connectivity index (χ0) is 18.4. The van der Waals surface area contributed by atoms with Crippen molar-refractivity contribution in [3.8, 4) is 11.5 Å². The predicted molar refractivity (Wildman–Crippen MR) is 86.3 cm³/mol. The van der Waals surface area contributed by atoms with Gasteiger partial charge in [0.25, 0.3) is 0 Å². The summed E-state index contributed by atoms with van der Waals surface area (Å²) in [6.07, 6.45) is -0.137. The smallest absolute Gasteiger partial charge is 0.306 e. The molecule has 0 radical (unpaired) electrons. The normalized spacial score (nSPS) is 10.3. The molecule has 8 heteroatoms. The van der Waals surface area contributed by atoms with Crippen LogP contribution < -0.4 is 9.47 Å². The number of halogens is 1. The average Bonchev–Trinajstić information content (AvgIpc) is 2.53. The Morgan fingerprint density at radius 2 is 2.00 bits per heavy atom. The van der Waals surface area contributed by atoms with Crippen LogP contribution in [0.3, 0.4) is 0 Å². The number of nitrogens with zero attached hydrogens (tertiary/aromatic N) is 1. The molecule has 0 aliphatic rings. The zero-order valence-corrected chi connectivity index (χ0v) is 13.4. The van der Waals surface area contributed by atoms with Gasteiger partial charge in [-0.3, -0.25) is 14.9 Å². The third-order valence-corrected chi connectivity index (χ3v) is 3.31. The molecule has 0 saturated heterocycles. The maximum Gasteiger partial charge on any atom is 0.306 e. The summed E-state index contributed by atoms with van der Waals surface area (Å²) >= 11 is 0. The summed E-state index contributed by atoms with van der Waals surface area (Å²) in [6, 6.07) is 8.62. The predicted octanol–water partition coefficient (Wildman–Crippen LogP) is 3.47. The van der Waals surface area contributed by atoms with E-state index in [1.807, 2.05) is 13.0 Å². The molecule has 0 amide bonds. The van der Waals surface area contributed by atoms with Gasteiger partial charge in [0.1, 0.15) is 18.1 Å². The van der Waals surface area contributed by atoms with Gasteiger partial charge < -0.3 is 14.6 Å². The summed E-state index contributed by atoms with van der Waals surface area (Å²) in [6.45, 7) is 1.91. The topological polar surface area (TPSA) is 98.9 Å². The standard InChI is InChI=1S/C17H16FNO6/c1-11-2-3-12(16(8-11)24-7-6-17(20)21)10-25-13-4-5-15(19(22)23)14(18)9-13/h2-5,8-9H,6-7,10H2,1H3,(H,20,21). The van der Waals surface area contributed by atoms with E-state index in [0.717, 1.165) is 17.7 Å². The van der Waals surface area contributed by atoms with Gasteiger partial charge in [0.2, 0.25) is 5.82 Å². The Kier molecular flexibility index (Phi) is 5.89. The molecule has 2 aromatic rings. The number of benzene rings is 2. The Morgan fingerprint density at radius 3 is 2.64 bits per heavy atom. The van der Waals surface area contributed by atoms with Crippen LogP contribution in [0.15, 0.2) is 36.4 Å². The fourth-order valence-electron chi connectivity index (χ4n) is 2.05. The minimum absolute atomic E-state index is 0.0119. The highest BCUT2D eigenvalue weighted by Gasteiger charge is 2.14. The molecule has 0 fully saturated rings. The fourth-order valence-corrected chi connectivity index (χ4v) is 2.05. The lowest BCUT2D eigenvalue weighted by atomic mass is 10.1. The van der Waals surface area contributed by atoms with E-state index in [9.17, 15) is 19.3 Å². The second-order valence-corrected chi connectivity index (χ2v) is 5.26. The molecule has 0 aromatic heterocycles. The van der Waals surface area contributed by atoms with Gasteiger partial charge in [0.05, 0.1) is 18.0 Å². The van der Waals surface area contributed by atoms with Crippen molar-refractivity contribution in [3.05, 3.63) is 63.5 Å². The number of aliphatic carboxylic acids is 1. The number of carbonyl (C=O) groups is 1. The van der Waals surface area contributed by atoms with Gasteiger partial charge in [-0.1, -0.05) is 12.1 Å². The molecule has 0 aliphatic carbocycles. The highest BCUT2D eigenvalue weighted by molar-refractivity contribution is 5.66. The number of ether oxygens (including phenoxy) is 2. The maximum atomic E-state index is 13.6. The molecule has 2 aromatic carbocycles. The van der Waals surface area contributed by atoms with Crippen molar-refractivity contribution in [2.75, 3.05) is 6.61 Å². The Morgan fingerprint density at radius 1 is 1.24 bits per heavy atom. The van der Waals surface area contributed by atoms with Crippen molar-refractivity contribution in [2.45, 2.75) is 20.0 Å². The molecular weight excluding hydrogens is 333 g/mol. The van der Waals surface area contributed by atoms with Crippen LogP contribution in [0.5, 0.6) is 11.5 Å². The Hall–Kier alpha value is -3.16. The molecule has 0 unspecified atom stereocenters. The third-order valence-electron chi connectivity index (χ3n) is 3.31. The number of hydrogen-bond donors (Lipinski definition) is 1. The zero-order valence-electron chi connectivity index (χ0n) is 13.4. The van der Waals surface area contributed by atoms with Crippen molar-refractivity contribution < 1.29 is 28.7 Å². The van der Waals surface area contributed by atoms with E-state index < -0.39 is 22.4 Å². The summed E-state index contributed by atoms with van der Waals surface area (Å²) in [5.74, 6) is -1.33. The Labute approximate surface area is 142 Å². The van der Waals surface area contributed by atoms with Crippen LogP contribution in [0.1, 0.15) is 17.5 Å².